The Bertz CT molecular complexity index is 1020. The summed E-state index contributed by atoms with van der Waals surface area (Å²) in [5.41, 5.74) is 1.03. The van der Waals surface area contributed by atoms with Crippen molar-refractivity contribution in [2.45, 2.75) is 49.3 Å². The van der Waals surface area contributed by atoms with E-state index in [1.54, 1.807) is 30.3 Å². The Morgan fingerprint density at radius 1 is 1.16 bits per heavy atom. The first-order valence-corrected chi connectivity index (χ1v) is 11.9. The second-order valence-corrected chi connectivity index (χ2v) is 9.51. The van der Waals surface area contributed by atoms with Crippen molar-refractivity contribution in [2.24, 2.45) is 0 Å². The van der Waals surface area contributed by atoms with Gasteiger partial charge in [-0.1, -0.05) is 29.8 Å². The molecule has 1 fully saturated rings. The van der Waals surface area contributed by atoms with Crippen molar-refractivity contribution in [3.63, 3.8) is 0 Å². The molecule has 1 aliphatic rings. The third kappa shape index (κ3) is 6.49. The number of benzene rings is 2. The van der Waals surface area contributed by atoms with Gasteiger partial charge in [-0.05, 0) is 50.5 Å². The molecular weight excluding hydrogens is 437 g/mol. The second kappa shape index (κ2) is 10.9. The molecule has 1 heterocycles. The standard InChI is InChI=1S/C22H28FN3O5S/c1-15-6-9-17(10-7-15)32(29,30)24-13-12-16-8-11-20(21(14-27)31-16)26-22(28)25-19-5-3-2-4-18(19)23/h2-7,9-10,16,20-21,24,27H,8,11-14H2,1H3,(H2,25,26,28)/t16-,20-,21+/m1/s1. The van der Waals surface area contributed by atoms with E-state index >= 15 is 0 Å². The molecule has 0 unspecified atom stereocenters. The number of amides is 2. The molecule has 0 bridgehead atoms. The Balaban J connectivity index is 1.47. The number of carbonyl (C=O) groups excluding carboxylic acids is 1. The molecule has 0 aromatic heterocycles. The Labute approximate surface area is 187 Å². The molecule has 3 rings (SSSR count). The van der Waals surface area contributed by atoms with Crippen molar-refractivity contribution in [3.05, 3.63) is 59.9 Å². The molecule has 8 nitrogen and oxygen atoms in total. The number of carbonyl (C=O) groups is 1. The van der Waals surface area contributed by atoms with Crippen molar-refractivity contribution < 1.29 is 27.4 Å². The zero-order valence-corrected chi connectivity index (χ0v) is 18.6. The van der Waals surface area contributed by atoms with Gasteiger partial charge in [0.1, 0.15) is 11.9 Å². The number of rotatable bonds is 8. The maximum atomic E-state index is 13.7. The van der Waals surface area contributed by atoms with Gasteiger partial charge in [-0.25, -0.2) is 22.3 Å². The number of ether oxygens (including phenoxy) is 1. The first kappa shape index (κ1) is 24.1. The predicted octanol–water partition coefficient (Wildman–Crippen LogP) is 2.53. The van der Waals surface area contributed by atoms with Crippen molar-refractivity contribution in [1.29, 1.82) is 0 Å². The van der Waals surface area contributed by atoms with Crippen molar-refractivity contribution in [2.75, 3.05) is 18.5 Å². The summed E-state index contributed by atoms with van der Waals surface area (Å²) < 4.78 is 46.9. The van der Waals surface area contributed by atoms with Crippen LogP contribution in [0.4, 0.5) is 14.9 Å². The molecule has 10 heteroatoms. The SMILES string of the molecule is Cc1ccc(S(=O)(=O)NCC[C@H]2CC[C@@H](NC(=O)Nc3ccccc3F)[C@H](CO)O2)cc1. The molecule has 4 N–H and O–H groups in total. The Morgan fingerprint density at radius 3 is 2.56 bits per heavy atom. The topological polar surface area (TPSA) is 117 Å². The van der Waals surface area contributed by atoms with Gasteiger partial charge in [-0.3, -0.25) is 0 Å². The van der Waals surface area contributed by atoms with Crippen LogP contribution in [0.1, 0.15) is 24.8 Å². The summed E-state index contributed by atoms with van der Waals surface area (Å²) in [6.45, 7) is 1.76. The van der Waals surface area contributed by atoms with Gasteiger partial charge in [0, 0.05) is 6.54 Å². The minimum atomic E-state index is -3.61. The van der Waals surface area contributed by atoms with Crippen molar-refractivity contribution in [1.82, 2.24) is 10.0 Å². The summed E-state index contributed by atoms with van der Waals surface area (Å²) in [5.74, 6) is -0.547. The van der Waals surface area contributed by atoms with Gasteiger partial charge < -0.3 is 20.5 Å². The van der Waals surface area contributed by atoms with E-state index in [0.29, 0.717) is 19.3 Å². The van der Waals surface area contributed by atoms with Gasteiger partial charge in [0.25, 0.3) is 0 Å². The highest BCUT2D eigenvalue weighted by atomic mass is 32.2. The molecule has 0 aliphatic carbocycles. The van der Waals surface area contributed by atoms with Crippen LogP contribution in [-0.2, 0) is 14.8 Å². The van der Waals surface area contributed by atoms with Crippen LogP contribution >= 0.6 is 0 Å². The van der Waals surface area contributed by atoms with Gasteiger partial charge in [-0.15, -0.1) is 0 Å². The predicted molar refractivity (Wildman–Crippen MR) is 118 cm³/mol. The van der Waals surface area contributed by atoms with Gasteiger partial charge >= 0.3 is 6.03 Å². The second-order valence-electron chi connectivity index (χ2n) is 7.74. The average molecular weight is 466 g/mol. The number of sulfonamides is 1. The maximum Gasteiger partial charge on any atom is 0.319 e. The zero-order valence-electron chi connectivity index (χ0n) is 17.8. The van der Waals surface area contributed by atoms with Crippen LogP contribution in [0.2, 0.25) is 0 Å². The van der Waals surface area contributed by atoms with E-state index in [1.165, 1.54) is 18.2 Å². The summed E-state index contributed by atoms with van der Waals surface area (Å²) in [6, 6.07) is 11.4. The van der Waals surface area contributed by atoms with Crippen LogP contribution in [0.25, 0.3) is 0 Å². The van der Waals surface area contributed by atoms with Gasteiger partial charge in [-0.2, -0.15) is 0 Å². The summed E-state index contributed by atoms with van der Waals surface area (Å²) in [5, 5.41) is 14.8. The van der Waals surface area contributed by atoms with Crippen LogP contribution in [-0.4, -0.2) is 51.0 Å². The van der Waals surface area contributed by atoms with E-state index in [0.717, 1.165) is 5.56 Å². The van der Waals surface area contributed by atoms with Gasteiger partial charge in [0.05, 0.1) is 29.3 Å². The Kier molecular flexibility index (Phi) is 8.19. The number of hydrogen-bond acceptors (Lipinski definition) is 5. The smallest absolute Gasteiger partial charge is 0.319 e. The van der Waals surface area contributed by atoms with E-state index in [-0.39, 0.29) is 29.8 Å². The Hall–Kier alpha value is -2.53. The monoisotopic (exact) mass is 465 g/mol. The normalized spacial score (nSPS) is 21.2. The minimum Gasteiger partial charge on any atom is -0.394 e. The number of halogens is 1. The third-order valence-electron chi connectivity index (χ3n) is 5.32. The highest BCUT2D eigenvalue weighted by Crippen LogP contribution is 2.22. The lowest BCUT2D eigenvalue weighted by Crippen LogP contribution is -2.52. The maximum absolute atomic E-state index is 13.7. The Morgan fingerprint density at radius 2 is 1.88 bits per heavy atom. The molecule has 1 saturated heterocycles. The summed E-state index contributed by atoms with van der Waals surface area (Å²) in [6.07, 6.45) is 0.628. The molecule has 32 heavy (non-hydrogen) atoms. The van der Waals surface area contributed by atoms with Crippen LogP contribution < -0.4 is 15.4 Å². The fourth-order valence-corrected chi connectivity index (χ4v) is 4.60. The van der Waals surface area contributed by atoms with Crippen LogP contribution in [0, 0.1) is 12.7 Å². The van der Waals surface area contributed by atoms with Crippen molar-refractivity contribution >= 4 is 21.7 Å². The zero-order chi connectivity index (χ0) is 23.1. The van der Waals surface area contributed by atoms with Crippen LogP contribution in [0.15, 0.2) is 53.4 Å². The molecule has 3 atom stereocenters. The number of urea groups is 1. The molecular formula is C22H28FN3O5S. The van der Waals surface area contributed by atoms with E-state index in [1.807, 2.05) is 6.92 Å². The molecule has 1 aliphatic heterocycles. The summed E-state index contributed by atoms with van der Waals surface area (Å²) in [4.78, 5) is 12.4. The van der Waals surface area contributed by atoms with E-state index < -0.39 is 34.0 Å². The fourth-order valence-electron chi connectivity index (χ4n) is 3.55. The van der Waals surface area contributed by atoms with Crippen LogP contribution in [0.3, 0.4) is 0 Å². The third-order valence-corrected chi connectivity index (χ3v) is 6.80. The molecule has 174 valence electrons. The molecule has 2 amide bonds. The highest BCUT2D eigenvalue weighted by molar-refractivity contribution is 7.89. The van der Waals surface area contributed by atoms with Crippen molar-refractivity contribution in [3.8, 4) is 0 Å². The number of nitrogens with one attached hydrogen (secondary N) is 3. The largest absolute Gasteiger partial charge is 0.394 e. The first-order chi connectivity index (χ1) is 15.3. The first-order valence-electron chi connectivity index (χ1n) is 10.4. The number of para-hydroxylation sites is 1. The lowest BCUT2D eigenvalue weighted by Gasteiger charge is -2.36. The lowest BCUT2D eigenvalue weighted by atomic mass is 9.97. The average Bonchev–Trinajstić information content (AvgIpc) is 2.76. The van der Waals surface area contributed by atoms with Crippen LogP contribution in [0.5, 0.6) is 0 Å². The number of hydrogen-bond donors (Lipinski definition) is 4. The highest BCUT2D eigenvalue weighted by Gasteiger charge is 2.32. The fraction of sp³-hybridized carbons (Fsp3) is 0.409. The molecule has 2 aromatic carbocycles. The minimum absolute atomic E-state index is 0.0565. The molecule has 0 saturated carbocycles. The number of aliphatic hydroxyl groups is 1. The van der Waals surface area contributed by atoms with Gasteiger partial charge in [0.2, 0.25) is 10.0 Å². The number of aliphatic hydroxyl groups excluding tert-OH is 1. The number of aryl methyl sites for hydroxylation is 1. The van der Waals surface area contributed by atoms with E-state index in [4.69, 9.17) is 4.74 Å². The molecule has 0 radical (unpaired) electrons. The summed E-state index contributed by atoms with van der Waals surface area (Å²) in [7, 11) is -3.61. The number of anilines is 1. The molecule has 2 aromatic rings. The lowest BCUT2D eigenvalue weighted by molar-refractivity contribution is -0.0884. The van der Waals surface area contributed by atoms with Gasteiger partial charge in [0.15, 0.2) is 0 Å². The van der Waals surface area contributed by atoms with E-state index in [9.17, 15) is 22.7 Å². The van der Waals surface area contributed by atoms with E-state index in [2.05, 4.69) is 15.4 Å². The summed E-state index contributed by atoms with van der Waals surface area (Å²) >= 11 is 0. The quantitative estimate of drug-likeness (QED) is 0.478. The molecule has 0 spiro atoms.